The van der Waals surface area contributed by atoms with Crippen molar-refractivity contribution in [2.45, 2.75) is 26.4 Å². The molecule has 1 aromatic heterocycles. The number of halogens is 1. The molecule has 100 valence electrons. The van der Waals surface area contributed by atoms with Crippen molar-refractivity contribution in [1.82, 2.24) is 4.98 Å². The molecule has 0 radical (unpaired) electrons. The SMILES string of the molecule is CC(C)(C)OC(=O)Oc1ccc(Br)c2cccnc12. The van der Waals surface area contributed by atoms with Gasteiger partial charge in [-0.2, -0.15) is 0 Å². The number of aromatic nitrogens is 1. The van der Waals surface area contributed by atoms with Crippen LogP contribution in [0.1, 0.15) is 20.8 Å². The minimum atomic E-state index is -0.734. The summed E-state index contributed by atoms with van der Waals surface area (Å²) < 4.78 is 11.2. The molecule has 19 heavy (non-hydrogen) atoms. The summed E-state index contributed by atoms with van der Waals surface area (Å²) in [6.45, 7) is 5.35. The van der Waals surface area contributed by atoms with Crippen LogP contribution in [0.15, 0.2) is 34.9 Å². The van der Waals surface area contributed by atoms with Crippen molar-refractivity contribution < 1.29 is 14.3 Å². The lowest BCUT2D eigenvalue weighted by molar-refractivity contribution is 0.0209. The van der Waals surface area contributed by atoms with Crippen LogP contribution in [0.3, 0.4) is 0 Å². The van der Waals surface area contributed by atoms with E-state index in [0.717, 1.165) is 9.86 Å². The predicted molar refractivity (Wildman–Crippen MR) is 76.3 cm³/mol. The lowest BCUT2D eigenvalue weighted by Crippen LogP contribution is -2.26. The Morgan fingerprint density at radius 2 is 2.00 bits per heavy atom. The van der Waals surface area contributed by atoms with Crippen LogP contribution in [-0.4, -0.2) is 16.7 Å². The minimum absolute atomic E-state index is 0.382. The molecule has 0 saturated carbocycles. The molecule has 0 atom stereocenters. The average molecular weight is 324 g/mol. The van der Waals surface area contributed by atoms with Crippen molar-refractivity contribution in [2.24, 2.45) is 0 Å². The smallest absolute Gasteiger partial charge is 0.428 e. The molecule has 0 bridgehead atoms. The topological polar surface area (TPSA) is 48.4 Å². The Bertz CT molecular complexity index is 620. The first kappa shape index (κ1) is 13.8. The number of nitrogens with zero attached hydrogens (tertiary/aromatic N) is 1. The van der Waals surface area contributed by atoms with E-state index in [0.29, 0.717) is 11.3 Å². The molecule has 2 rings (SSSR count). The third-order valence-electron chi connectivity index (χ3n) is 2.26. The molecule has 0 unspecified atom stereocenters. The van der Waals surface area contributed by atoms with Crippen LogP contribution >= 0.6 is 15.9 Å². The molecule has 0 fully saturated rings. The monoisotopic (exact) mass is 323 g/mol. The number of hydrogen-bond acceptors (Lipinski definition) is 4. The predicted octanol–water partition coefficient (Wildman–Crippen LogP) is 4.31. The Labute approximate surface area is 119 Å². The normalized spacial score (nSPS) is 11.4. The van der Waals surface area contributed by atoms with E-state index in [1.54, 1.807) is 33.0 Å². The van der Waals surface area contributed by atoms with Gasteiger partial charge in [-0.1, -0.05) is 22.0 Å². The second kappa shape index (κ2) is 5.17. The molecule has 0 saturated heterocycles. The van der Waals surface area contributed by atoms with Gasteiger partial charge in [0.25, 0.3) is 0 Å². The van der Waals surface area contributed by atoms with E-state index in [1.165, 1.54) is 0 Å². The molecular formula is C14H14BrNO3. The Morgan fingerprint density at radius 3 is 2.68 bits per heavy atom. The second-order valence-electron chi connectivity index (χ2n) is 5.01. The Kier molecular flexibility index (Phi) is 3.75. The van der Waals surface area contributed by atoms with Crippen LogP contribution in [0.5, 0.6) is 5.75 Å². The van der Waals surface area contributed by atoms with E-state index in [-0.39, 0.29) is 0 Å². The van der Waals surface area contributed by atoms with Gasteiger partial charge in [0.1, 0.15) is 11.1 Å². The van der Waals surface area contributed by atoms with E-state index < -0.39 is 11.8 Å². The highest BCUT2D eigenvalue weighted by Crippen LogP contribution is 2.30. The molecule has 0 amide bonds. The third kappa shape index (κ3) is 3.44. The maximum atomic E-state index is 11.7. The summed E-state index contributed by atoms with van der Waals surface area (Å²) in [4.78, 5) is 15.9. The van der Waals surface area contributed by atoms with Crippen molar-refractivity contribution in [1.29, 1.82) is 0 Å². The molecule has 1 aromatic carbocycles. The van der Waals surface area contributed by atoms with Gasteiger partial charge in [-0.25, -0.2) is 4.79 Å². The van der Waals surface area contributed by atoms with Crippen LogP contribution in [0.25, 0.3) is 10.9 Å². The molecule has 0 N–H and O–H groups in total. The number of fused-ring (bicyclic) bond motifs is 1. The maximum absolute atomic E-state index is 11.7. The zero-order chi connectivity index (χ0) is 14.0. The highest BCUT2D eigenvalue weighted by Gasteiger charge is 2.19. The summed E-state index contributed by atoms with van der Waals surface area (Å²) in [6.07, 6.45) is 0.915. The molecule has 0 aliphatic rings. The first-order valence-corrected chi connectivity index (χ1v) is 6.60. The Balaban J connectivity index is 2.31. The van der Waals surface area contributed by atoms with Gasteiger partial charge in [0, 0.05) is 16.1 Å². The fraction of sp³-hybridized carbons (Fsp3) is 0.286. The number of benzene rings is 1. The summed E-state index contributed by atoms with van der Waals surface area (Å²) in [5.41, 5.74) is 0.0260. The highest BCUT2D eigenvalue weighted by atomic mass is 79.9. The molecular weight excluding hydrogens is 310 g/mol. The van der Waals surface area contributed by atoms with E-state index in [1.807, 2.05) is 18.2 Å². The van der Waals surface area contributed by atoms with Gasteiger partial charge < -0.3 is 9.47 Å². The first-order chi connectivity index (χ1) is 8.87. The lowest BCUT2D eigenvalue weighted by Gasteiger charge is -2.19. The molecule has 1 heterocycles. The number of carbonyl (C=O) groups excluding carboxylic acids is 1. The summed E-state index contributed by atoms with van der Waals surface area (Å²) in [5, 5.41) is 0.878. The van der Waals surface area contributed by atoms with Crippen LogP contribution in [0.4, 0.5) is 4.79 Å². The third-order valence-corrected chi connectivity index (χ3v) is 2.95. The summed E-state index contributed by atoms with van der Waals surface area (Å²) in [7, 11) is 0. The number of pyridine rings is 1. The van der Waals surface area contributed by atoms with Crippen LogP contribution in [0.2, 0.25) is 0 Å². The summed E-state index contributed by atoms with van der Waals surface area (Å²) in [6, 6.07) is 7.21. The van der Waals surface area contributed by atoms with Gasteiger partial charge in [0.05, 0.1) is 0 Å². The van der Waals surface area contributed by atoms with Crippen LogP contribution < -0.4 is 4.74 Å². The van der Waals surface area contributed by atoms with Gasteiger partial charge in [-0.05, 0) is 39.0 Å². The van der Waals surface area contributed by atoms with Crippen LogP contribution in [0, 0.1) is 0 Å². The van der Waals surface area contributed by atoms with E-state index >= 15 is 0 Å². The van der Waals surface area contributed by atoms with Gasteiger partial charge in [0.2, 0.25) is 0 Å². The Morgan fingerprint density at radius 1 is 1.26 bits per heavy atom. The molecule has 4 nitrogen and oxygen atoms in total. The number of hydrogen-bond donors (Lipinski definition) is 0. The number of rotatable bonds is 1. The molecule has 0 spiro atoms. The fourth-order valence-electron chi connectivity index (χ4n) is 1.55. The fourth-order valence-corrected chi connectivity index (χ4v) is 2.01. The zero-order valence-electron chi connectivity index (χ0n) is 10.9. The van der Waals surface area contributed by atoms with Crippen molar-refractivity contribution in [3.8, 4) is 5.75 Å². The van der Waals surface area contributed by atoms with E-state index in [9.17, 15) is 4.79 Å². The van der Waals surface area contributed by atoms with Gasteiger partial charge >= 0.3 is 6.16 Å². The van der Waals surface area contributed by atoms with Crippen molar-refractivity contribution in [3.63, 3.8) is 0 Å². The van der Waals surface area contributed by atoms with Crippen LogP contribution in [-0.2, 0) is 4.74 Å². The number of carbonyl (C=O) groups is 1. The van der Waals surface area contributed by atoms with Gasteiger partial charge in [-0.15, -0.1) is 0 Å². The van der Waals surface area contributed by atoms with Gasteiger partial charge in [-0.3, -0.25) is 4.98 Å². The zero-order valence-corrected chi connectivity index (χ0v) is 12.5. The maximum Gasteiger partial charge on any atom is 0.514 e. The van der Waals surface area contributed by atoms with Crippen molar-refractivity contribution in [3.05, 3.63) is 34.9 Å². The van der Waals surface area contributed by atoms with E-state index in [2.05, 4.69) is 20.9 Å². The summed E-state index contributed by atoms with van der Waals surface area (Å²) >= 11 is 3.43. The molecule has 5 heteroatoms. The van der Waals surface area contributed by atoms with Crippen molar-refractivity contribution in [2.75, 3.05) is 0 Å². The largest absolute Gasteiger partial charge is 0.514 e. The molecule has 2 aromatic rings. The quantitative estimate of drug-likeness (QED) is 0.579. The van der Waals surface area contributed by atoms with Crippen molar-refractivity contribution >= 4 is 33.0 Å². The number of ether oxygens (including phenoxy) is 2. The standard InChI is InChI=1S/C14H14BrNO3/c1-14(2,3)19-13(17)18-11-7-6-10(15)9-5-4-8-16-12(9)11/h4-8H,1-3H3. The Hall–Kier alpha value is -1.62. The van der Waals surface area contributed by atoms with Gasteiger partial charge in [0.15, 0.2) is 5.75 Å². The molecule has 0 aliphatic heterocycles. The average Bonchev–Trinajstić information content (AvgIpc) is 2.31. The van der Waals surface area contributed by atoms with E-state index in [4.69, 9.17) is 9.47 Å². The highest BCUT2D eigenvalue weighted by molar-refractivity contribution is 9.10. The minimum Gasteiger partial charge on any atom is -0.428 e. The molecule has 0 aliphatic carbocycles. The second-order valence-corrected chi connectivity index (χ2v) is 5.87. The first-order valence-electron chi connectivity index (χ1n) is 5.81. The lowest BCUT2D eigenvalue weighted by atomic mass is 10.2. The summed E-state index contributed by atoms with van der Waals surface area (Å²) in [5.74, 6) is 0.382.